The summed E-state index contributed by atoms with van der Waals surface area (Å²) in [6.45, 7) is 7.04. The lowest BCUT2D eigenvalue weighted by Gasteiger charge is -2.39. The highest BCUT2D eigenvalue weighted by molar-refractivity contribution is 6.05. The largest absolute Gasteiger partial charge is 0.497 e. The second kappa shape index (κ2) is 11.8. The van der Waals surface area contributed by atoms with Crippen molar-refractivity contribution in [2.45, 2.75) is 58.0 Å². The summed E-state index contributed by atoms with van der Waals surface area (Å²) in [5.74, 6) is 1.35. The van der Waals surface area contributed by atoms with Crippen molar-refractivity contribution >= 4 is 11.7 Å². The Kier molecular flexibility index (Phi) is 8.06. The van der Waals surface area contributed by atoms with Crippen molar-refractivity contribution in [2.75, 3.05) is 13.7 Å². The molecule has 3 aromatic rings. The zero-order chi connectivity index (χ0) is 28.2. The molecule has 3 heterocycles. The Morgan fingerprint density at radius 3 is 2.73 bits per heavy atom. The van der Waals surface area contributed by atoms with Crippen LogP contribution in [0.5, 0.6) is 5.75 Å². The standard InChI is InChI=1S/C33H37N5O2/c1-21-7-6-15-35-32(29-19-30(37-31(21)29)25-12-10-24(20-34)11-13-25)27-14-16-38(22(2)17-27)33(39)36-23(3)26-8-5-9-28(18-26)40-4/h5-6,8-13,15,18-19,21-23,27,37H,7,14,16-17H2,1-4H3,(H,36,39)/t21?,22-,23+,27?/m1/s1. The van der Waals surface area contributed by atoms with E-state index in [1.54, 1.807) is 7.11 Å². The van der Waals surface area contributed by atoms with Crippen molar-refractivity contribution in [1.29, 1.82) is 5.26 Å². The van der Waals surface area contributed by atoms with E-state index < -0.39 is 0 Å². The number of likely N-dealkylation sites (tertiary alicyclic amines) is 1. The van der Waals surface area contributed by atoms with Gasteiger partial charge in [0, 0.05) is 47.6 Å². The third-order valence-electron chi connectivity index (χ3n) is 8.21. The summed E-state index contributed by atoms with van der Waals surface area (Å²) in [5, 5.41) is 12.4. The molecule has 2 aliphatic rings. The van der Waals surface area contributed by atoms with Crippen molar-refractivity contribution in [3.05, 3.63) is 89.3 Å². The fraction of sp³-hybridized carbons (Fsp3) is 0.364. The predicted octanol–water partition coefficient (Wildman–Crippen LogP) is 6.94. The second-order valence-electron chi connectivity index (χ2n) is 10.9. The molecule has 0 spiro atoms. The van der Waals surface area contributed by atoms with Crippen LogP contribution in [0.4, 0.5) is 4.79 Å². The minimum atomic E-state index is -0.128. The van der Waals surface area contributed by atoms with Gasteiger partial charge in [0.05, 0.1) is 30.5 Å². The predicted molar refractivity (Wildman–Crippen MR) is 158 cm³/mol. The number of carbonyl (C=O) groups excluding carboxylic acids is 1. The highest BCUT2D eigenvalue weighted by Gasteiger charge is 2.34. The van der Waals surface area contributed by atoms with Crippen molar-refractivity contribution in [1.82, 2.24) is 15.2 Å². The molecular weight excluding hydrogens is 498 g/mol. The molecule has 2 aliphatic heterocycles. The van der Waals surface area contributed by atoms with Crippen LogP contribution in [0.1, 0.15) is 74.4 Å². The maximum Gasteiger partial charge on any atom is 0.318 e. The first kappa shape index (κ1) is 27.3. The fourth-order valence-corrected chi connectivity index (χ4v) is 5.85. The lowest BCUT2D eigenvalue weighted by molar-refractivity contribution is 0.146. The monoisotopic (exact) mass is 535 g/mol. The average molecular weight is 536 g/mol. The van der Waals surface area contributed by atoms with Gasteiger partial charge in [0.2, 0.25) is 0 Å². The van der Waals surface area contributed by atoms with E-state index in [1.807, 2.05) is 66.6 Å². The fourth-order valence-electron chi connectivity index (χ4n) is 5.85. The number of amides is 2. The van der Waals surface area contributed by atoms with Crippen molar-refractivity contribution in [3.63, 3.8) is 0 Å². The second-order valence-corrected chi connectivity index (χ2v) is 10.9. The SMILES string of the molecule is COc1cccc([C@H](C)NC(=O)N2CCC(C3=NC=CCC(C)c4[nH]c(-c5ccc(C#N)cc5)cc43)C[C@H]2C)c1. The Morgan fingerprint density at radius 1 is 1.20 bits per heavy atom. The smallest absolute Gasteiger partial charge is 0.318 e. The number of piperidine rings is 1. The summed E-state index contributed by atoms with van der Waals surface area (Å²) >= 11 is 0. The molecule has 1 saturated heterocycles. The van der Waals surface area contributed by atoms with Gasteiger partial charge in [0.15, 0.2) is 0 Å². The van der Waals surface area contributed by atoms with E-state index in [-0.39, 0.29) is 24.0 Å². The Balaban J connectivity index is 1.33. The zero-order valence-corrected chi connectivity index (χ0v) is 23.6. The molecule has 0 aliphatic carbocycles. The van der Waals surface area contributed by atoms with Gasteiger partial charge in [-0.2, -0.15) is 5.26 Å². The van der Waals surface area contributed by atoms with E-state index in [0.29, 0.717) is 18.0 Å². The molecule has 206 valence electrons. The minimum Gasteiger partial charge on any atom is -0.497 e. The number of nitrogens with one attached hydrogen (secondary N) is 2. The van der Waals surface area contributed by atoms with Crippen LogP contribution < -0.4 is 10.1 Å². The molecule has 0 bridgehead atoms. The number of nitriles is 1. The van der Waals surface area contributed by atoms with Crippen LogP contribution in [0, 0.1) is 17.2 Å². The van der Waals surface area contributed by atoms with Gasteiger partial charge < -0.3 is 19.9 Å². The van der Waals surface area contributed by atoms with Gasteiger partial charge in [-0.15, -0.1) is 0 Å². The number of hydrogen-bond acceptors (Lipinski definition) is 4. The first-order valence-corrected chi connectivity index (χ1v) is 14.1. The Hall–Kier alpha value is -4.31. The van der Waals surface area contributed by atoms with Crippen LogP contribution in [0.15, 0.2) is 71.9 Å². The topological polar surface area (TPSA) is 93.5 Å². The third-order valence-corrected chi connectivity index (χ3v) is 8.21. The first-order valence-electron chi connectivity index (χ1n) is 14.1. The third kappa shape index (κ3) is 5.67. The number of carbonyl (C=O) groups is 1. The minimum absolute atomic E-state index is 0.0418. The Bertz CT molecular complexity index is 1460. The lowest BCUT2D eigenvalue weighted by atomic mass is 9.83. The van der Waals surface area contributed by atoms with Crippen molar-refractivity contribution < 1.29 is 9.53 Å². The zero-order valence-electron chi connectivity index (χ0n) is 23.6. The summed E-state index contributed by atoms with van der Waals surface area (Å²) < 4.78 is 5.34. The number of rotatable bonds is 5. The molecule has 2 N–H and O–H groups in total. The first-order chi connectivity index (χ1) is 19.4. The lowest BCUT2D eigenvalue weighted by Crippen LogP contribution is -2.50. The number of allylic oxidation sites excluding steroid dienone is 1. The van der Waals surface area contributed by atoms with E-state index in [1.165, 1.54) is 5.69 Å². The number of aromatic amines is 1. The van der Waals surface area contributed by atoms with Gasteiger partial charge in [-0.1, -0.05) is 37.3 Å². The summed E-state index contributed by atoms with van der Waals surface area (Å²) in [5.41, 5.74) is 7.20. The number of ether oxygens (including phenoxy) is 1. The molecule has 4 atom stereocenters. The highest BCUT2D eigenvalue weighted by Crippen LogP contribution is 2.35. The summed E-state index contributed by atoms with van der Waals surface area (Å²) in [4.78, 5) is 23.9. The van der Waals surface area contributed by atoms with Gasteiger partial charge in [-0.3, -0.25) is 4.99 Å². The number of hydrogen-bond donors (Lipinski definition) is 2. The van der Waals surface area contributed by atoms with Crippen LogP contribution >= 0.6 is 0 Å². The van der Waals surface area contributed by atoms with E-state index >= 15 is 0 Å². The number of aromatic nitrogens is 1. The number of urea groups is 1. The molecule has 2 unspecified atom stereocenters. The molecule has 5 rings (SSSR count). The van der Waals surface area contributed by atoms with Gasteiger partial charge >= 0.3 is 6.03 Å². The van der Waals surface area contributed by atoms with Crippen LogP contribution in [-0.4, -0.2) is 41.3 Å². The molecular formula is C33H37N5O2. The molecule has 2 aromatic carbocycles. The molecule has 40 heavy (non-hydrogen) atoms. The molecule has 7 heteroatoms. The van der Waals surface area contributed by atoms with Crippen LogP contribution in [0.2, 0.25) is 0 Å². The molecule has 7 nitrogen and oxygen atoms in total. The number of H-pyrrole nitrogens is 1. The molecule has 0 saturated carbocycles. The van der Waals surface area contributed by atoms with Crippen molar-refractivity contribution in [2.24, 2.45) is 10.9 Å². The maximum atomic E-state index is 13.3. The number of benzene rings is 2. The average Bonchev–Trinajstić information content (AvgIpc) is 3.40. The number of fused-ring (bicyclic) bond motifs is 1. The number of aliphatic imine (C=N–C) groups is 1. The van der Waals surface area contributed by atoms with E-state index in [4.69, 9.17) is 9.73 Å². The van der Waals surface area contributed by atoms with E-state index in [9.17, 15) is 10.1 Å². The van der Waals surface area contributed by atoms with Gasteiger partial charge in [-0.05, 0) is 74.6 Å². The molecule has 1 fully saturated rings. The van der Waals surface area contributed by atoms with E-state index in [0.717, 1.165) is 53.1 Å². The highest BCUT2D eigenvalue weighted by atomic mass is 16.5. The van der Waals surface area contributed by atoms with Crippen LogP contribution in [0.25, 0.3) is 11.3 Å². The summed E-state index contributed by atoms with van der Waals surface area (Å²) in [6.07, 6.45) is 6.70. The molecule has 1 aromatic heterocycles. The van der Waals surface area contributed by atoms with Crippen LogP contribution in [0.3, 0.4) is 0 Å². The van der Waals surface area contributed by atoms with Crippen LogP contribution in [-0.2, 0) is 0 Å². The molecule has 0 radical (unpaired) electrons. The van der Waals surface area contributed by atoms with Crippen molar-refractivity contribution in [3.8, 4) is 23.1 Å². The Labute approximate surface area is 236 Å². The van der Waals surface area contributed by atoms with Gasteiger partial charge in [0.25, 0.3) is 0 Å². The summed E-state index contributed by atoms with van der Waals surface area (Å²) in [6, 6.07) is 19.8. The number of methoxy groups -OCH3 is 1. The Morgan fingerprint density at radius 2 is 2.00 bits per heavy atom. The van der Waals surface area contributed by atoms with Gasteiger partial charge in [0.1, 0.15) is 5.75 Å². The summed E-state index contributed by atoms with van der Waals surface area (Å²) in [7, 11) is 1.65. The van der Waals surface area contributed by atoms with E-state index in [2.05, 4.69) is 42.4 Å². The maximum absolute atomic E-state index is 13.3. The number of nitrogens with zero attached hydrogens (tertiary/aromatic N) is 3. The molecule has 2 amide bonds. The quantitative estimate of drug-likeness (QED) is 0.370. The normalized spacial score (nSPS) is 21.3. The van der Waals surface area contributed by atoms with Gasteiger partial charge in [-0.25, -0.2) is 4.79 Å².